The maximum Gasteiger partial charge on any atom is 0.433 e. The van der Waals surface area contributed by atoms with E-state index in [1.54, 1.807) is 44.0 Å². The van der Waals surface area contributed by atoms with E-state index in [2.05, 4.69) is 20.3 Å². The fraction of sp³-hybridized carbons (Fsp3) is 0.593. The molecule has 0 spiro atoms. The first-order chi connectivity index (χ1) is 18.7. The molecule has 4 heterocycles. The number of alkyl halides is 3. The van der Waals surface area contributed by atoms with Crippen molar-refractivity contribution in [1.29, 1.82) is 0 Å². The van der Waals surface area contributed by atoms with Gasteiger partial charge in [0.05, 0.1) is 24.0 Å². The van der Waals surface area contributed by atoms with Gasteiger partial charge in [0.2, 0.25) is 11.8 Å². The number of ether oxygens (including phenoxy) is 1. The van der Waals surface area contributed by atoms with E-state index in [1.807, 2.05) is 6.92 Å². The molecule has 4 rings (SSSR count). The average Bonchev–Trinajstić information content (AvgIpc) is 3.38. The number of nitrogens with one attached hydrogen (secondary N) is 2. The predicted molar refractivity (Wildman–Crippen MR) is 139 cm³/mol. The molecule has 2 aliphatic heterocycles. The molecule has 40 heavy (non-hydrogen) atoms. The molecule has 2 N–H and O–H groups in total. The smallest absolute Gasteiger partial charge is 0.433 e. The minimum atomic E-state index is -4.68. The molecule has 0 aromatic carbocycles. The van der Waals surface area contributed by atoms with Crippen LogP contribution in [0.5, 0.6) is 0 Å². The SMILES string of the molecule is C[C@@H]1CCC(=O)N(C[C@H](CC(=O)N2CCc3c(nc(-c4ccc[nH]4)nc3C(F)(F)F)C2)NC(=O)OC(C)(C)C)C1. The van der Waals surface area contributed by atoms with Crippen LogP contribution in [0.25, 0.3) is 11.5 Å². The number of carbonyl (C=O) groups is 3. The van der Waals surface area contributed by atoms with Crippen molar-refractivity contribution in [3.8, 4) is 11.5 Å². The molecule has 13 heteroatoms. The molecular formula is C27H35F3N6O4. The number of H-pyrrole nitrogens is 1. The Labute approximate surface area is 230 Å². The Morgan fingerprint density at radius 1 is 1.23 bits per heavy atom. The summed E-state index contributed by atoms with van der Waals surface area (Å²) in [6.45, 7) is 7.71. The Balaban J connectivity index is 1.54. The third-order valence-electron chi connectivity index (χ3n) is 6.84. The summed E-state index contributed by atoms with van der Waals surface area (Å²) < 4.78 is 47.0. The zero-order valence-corrected chi connectivity index (χ0v) is 23.1. The van der Waals surface area contributed by atoms with Gasteiger partial charge in [0.25, 0.3) is 0 Å². The summed E-state index contributed by atoms with van der Waals surface area (Å²) in [5, 5.41) is 2.72. The zero-order valence-electron chi connectivity index (χ0n) is 23.1. The van der Waals surface area contributed by atoms with Crippen LogP contribution in [0.4, 0.5) is 18.0 Å². The Kier molecular flexibility index (Phi) is 8.41. The van der Waals surface area contributed by atoms with Crippen molar-refractivity contribution in [3.05, 3.63) is 35.3 Å². The molecule has 2 aromatic rings. The number of likely N-dealkylation sites (tertiary alicyclic amines) is 1. The first-order valence-corrected chi connectivity index (χ1v) is 13.4. The number of rotatable bonds is 6. The maximum atomic E-state index is 13.9. The van der Waals surface area contributed by atoms with Gasteiger partial charge in [-0.2, -0.15) is 13.2 Å². The highest BCUT2D eigenvalue weighted by Crippen LogP contribution is 2.35. The summed E-state index contributed by atoms with van der Waals surface area (Å²) in [4.78, 5) is 52.6. The average molecular weight is 565 g/mol. The molecule has 0 aliphatic carbocycles. The lowest BCUT2D eigenvalue weighted by atomic mass is 9.98. The van der Waals surface area contributed by atoms with Crippen molar-refractivity contribution in [3.63, 3.8) is 0 Å². The van der Waals surface area contributed by atoms with Gasteiger partial charge in [0.15, 0.2) is 11.5 Å². The van der Waals surface area contributed by atoms with E-state index in [0.717, 1.165) is 6.42 Å². The highest BCUT2D eigenvalue weighted by Gasteiger charge is 2.40. The van der Waals surface area contributed by atoms with Gasteiger partial charge in [-0.1, -0.05) is 6.92 Å². The monoisotopic (exact) mass is 564 g/mol. The number of aromatic nitrogens is 3. The molecule has 0 saturated carbocycles. The molecule has 2 aliphatic rings. The van der Waals surface area contributed by atoms with Gasteiger partial charge in [-0.25, -0.2) is 14.8 Å². The molecule has 10 nitrogen and oxygen atoms in total. The molecule has 0 radical (unpaired) electrons. The molecule has 0 unspecified atom stereocenters. The summed E-state index contributed by atoms with van der Waals surface area (Å²) in [6, 6.07) is 2.46. The van der Waals surface area contributed by atoms with Crippen LogP contribution in [0, 0.1) is 5.92 Å². The number of piperidine rings is 1. The van der Waals surface area contributed by atoms with Crippen LogP contribution in [-0.4, -0.2) is 73.9 Å². The second-order valence-corrected chi connectivity index (χ2v) is 11.5. The van der Waals surface area contributed by atoms with Crippen LogP contribution in [0.3, 0.4) is 0 Å². The lowest BCUT2D eigenvalue weighted by molar-refractivity contribution is -0.142. The van der Waals surface area contributed by atoms with Gasteiger partial charge in [0.1, 0.15) is 5.60 Å². The van der Waals surface area contributed by atoms with Crippen molar-refractivity contribution in [1.82, 2.24) is 30.1 Å². The summed E-state index contributed by atoms with van der Waals surface area (Å²) in [5.41, 5.74) is -1.33. The second-order valence-electron chi connectivity index (χ2n) is 11.5. The molecule has 1 saturated heterocycles. The topological polar surface area (TPSA) is 121 Å². The van der Waals surface area contributed by atoms with Crippen LogP contribution in [0.1, 0.15) is 63.9 Å². The van der Waals surface area contributed by atoms with E-state index >= 15 is 0 Å². The Morgan fingerprint density at radius 3 is 2.62 bits per heavy atom. The number of fused-ring (bicyclic) bond motifs is 1. The van der Waals surface area contributed by atoms with Crippen molar-refractivity contribution in [2.24, 2.45) is 5.92 Å². The van der Waals surface area contributed by atoms with Crippen LogP contribution in [0.15, 0.2) is 18.3 Å². The molecule has 1 fully saturated rings. The van der Waals surface area contributed by atoms with Crippen LogP contribution < -0.4 is 5.32 Å². The number of carbonyl (C=O) groups excluding carboxylic acids is 3. The van der Waals surface area contributed by atoms with E-state index in [4.69, 9.17) is 4.74 Å². The van der Waals surface area contributed by atoms with Gasteiger partial charge in [-0.3, -0.25) is 9.59 Å². The lowest BCUT2D eigenvalue weighted by Gasteiger charge is -2.35. The maximum absolute atomic E-state index is 13.9. The summed E-state index contributed by atoms with van der Waals surface area (Å²) in [5.74, 6) is -0.252. The number of hydrogen-bond acceptors (Lipinski definition) is 6. The number of nitrogens with zero attached hydrogens (tertiary/aromatic N) is 4. The third kappa shape index (κ3) is 7.30. The normalized spacial score (nSPS) is 18.8. The molecule has 2 atom stereocenters. The lowest BCUT2D eigenvalue weighted by Crippen LogP contribution is -2.51. The molecule has 0 bridgehead atoms. The van der Waals surface area contributed by atoms with Crippen LogP contribution in [-0.2, 0) is 33.5 Å². The Morgan fingerprint density at radius 2 is 1.98 bits per heavy atom. The highest BCUT2D eigenvalue weighted by atomic mass is 19.4. The first kappa shape index (κ1) is 29.3. The van der Waals surface area contributed by atoms with Gasteiger partial charge < -0.3 is 24.8 Å². The number of aromatic amines is 1. The zero-order chi connectivity index (χ0) is 29.2. The van der Waals surface area contributed by atoms with Crippen molar-refractivity contribution < 1.29 is 32.3 Å². The standard InChI is InChI=1S/C27H35F3N6O4/c1-16-7-8-21(37)36(13-16)14-17(32-25(39)40-26(2,3)4)12-22(38)35-11-9-18-20(15-35)33-24(19-6-5-10-31-19)34-23(18)27(28,29)30/h5-6,10,16-17,31H,7-9,11-15H2,1-4H3,(H,32,39)/t16-,17+/m1/s1. The van der Waals surface area contributed by atoms with Gasteiger partial charge in [-0.05, 0) is 51.7 Å². The van der Waals surface area contributed by atoms with Crippen molar-refractivity contribution >= 4 is 17.9 Å². The van der Waals surface area contributed by atoms with E-state index in [0.29, 0.717) is 18.7 Å². The summed E-state index contributed by atoms with van der Waals surface area (Å²) >= 11 is 0. The fourth-order valence-electron chi connectivity index (χ4n) is 4.98. The predicted octanol–water partition coefficient (Wildman–Crippen LogP) is 3.92. The minimum Gasteiger partial charge on any atom is -0.444 e. The number of alkyl carbamates (subject to hydrolysis) is 1. The van der Waals surface area contributed by atoms with Gasteiger partial charge >= 0.3 is 12.3 Å². The molecular weight excluding hydrogens is 529 g/mol. The fourth-order valence-corrected chi connectivity index (χ4v) is 4.98. The molecule has 2 aromatic heterocycles. The van der Waals surface area contributed by atoms with E-state index in [-0.39, 0.29) is 67.3 Å². The molecule has 218 valence electrons. The van der Waals surface area contributed by atoms with Crippen LogP contribution >= 0.6 is 0 Å². The Hall–Kier alpha value is -3.64. The van der Waals surface area contributed by atoms with Crippen molar-refractivity contribution in [2.45, 2.75) is 77.7 Å². The number of hydrogen-bond donors (Lipinski definition) is 2. The number of halogens is 3. The largest absolute Gasteiger partial charge is 0.444 e. The minimum absolute atomic E-state index is 0.0248. The third-order valence-corrected chi connectivity index (χ3v) is 6.84. The Bertz CT molecular complexity index is 1240. The van der Waals surface area contributed by atoms with E-state index < -0.39 is 29.6 Å². The van der Waals surface area contributed by atoms with Gasteiger partial charge in [0, 0.05) is 44.2 Å². The van der Waals surface area contributed by atoms with Crippen molar-refractivity contribution in [2.75, 3.05) is 19.6 Å². The van der Waals surface area contributed by atoms with E-state index in [9.17, 15) is 27.6 Å². The van der Waals surface area contributed by atoms with Crippen LogP contribution in [0.2, 0.25) is 0 Å². The summed E-state index contributed by atoms with van der Waals surface area (Å²) in [7, 11) is 0. The first-order valence-electron chi connectivity index (χ1n) is 13.4. The summed E-state index contributed by atoms with van der Waals surface area (Å²) in [6.07, 6.45) is -2.89. The van der Waals surface area contributed by atoms with E-state index in [1.165, 1.54) is 4.90 Å². The highest BCUT2D eigenvalue weighted by molar-refractivity contribution is 5.79. The number of amides is 3. The van der Waals surface area contributed by atoms with Gasteiger partial charge in [-0.15, -0.1) is 0 Å². The quantitative estimate of drug-likeness (QED) is 0.549. The second kappa shape index (κ2) is 11.5. The molecule has 3 amide bonds.